The molecule has 100 valence electrons. The van der Waals surface area contributed by atoms with Gasteiger partial charge in [0.05, 0.1) is 12.0 Å². The summed E-state index contributed by atoms with van der Waals surface area (Å²) in [7, 11) is 0. The molecule has 1 aliphatic rings. The van der Waals surface area contributed by atoms with Crippen LogP contribution in [0.3, 0.4) is 0 Å². The predicted molar refractivity (Wildman–Crippen MR) is 69.6 cm³/mol. The van der Waals surface area contributed by atoms with Gasteiger partial charge in [-0.25, -0.2) is 0 Å². The van der Waals surface area contributed by atoms with Crippen molar-refractivity contribution in [2.24, 2.45) is 16.6 Å². The van der Waals surface area contributed by atoms with E-state index in [1.54, 1.807) is 0 Å². The summed E-state index contributed by atoms with van der Waals surface area (Å²) >= 11 is 0. The zero-order chi connectivity index (χ0) is 12.9. The van der Waals surface area contributed by atoms with Gasteiger partial charge in [-0.2, -0.15) is 0 Å². The highest BCUT2D eigenvalue weighted by Gasteiger charge is 2.57. The lowest BCUT2D eigenvalue weighted by atomic mass is 9.50. The van der Waals surface area contributed by atoms with Gasteiger partial charge in [-0.15, -0.1) is 0 Å². The smallest absolute Gasteiger partial charge is 0.313 e. The van der Waals surface area contributed by atoms with Crippen LogP contribution in [0.4, 0.5) is 0 Å². The molecule has 0 spiro atoms. The molecule has 2 N–H and O–H groups in total. The summed E-state index contributed by atoms with van der Waals surface area (Å²) in [6.45, 7) is 7.16. The topological polar surface area (TPSA) is 52.3 Å². The first-order valence-corrected chi connectivity index (χ1v) is 6.95. The fourth-order valence-corrected chi connectivity index (χ4v) is 3.58. The highest BCUT2D eigenvalue weighted by Crippen LogP contribution is 2.59. The van der Waals surface area contributed by atoms with Crippen molar-refractivity contribution in [2.45, 2.75) is 59.3 Å². The molecule has 0 aromatic carbocycles. The van der Waals surface area contributed by atoms with E-state index in [9.17, 15) is 4.79 Å². The Morgan fingerprint density at radius 3 is 2.06 bits per heavy atom. The van der Waals surface area contributed by atoms with Crippen LogP contribution < -0.4 is 5.73 Å². The number of nitrogens with two attached hydrogens (primary N) is 1. The SMILES string of the molecule is CCCC1(CCC)CC(CN)(C(=O)OCC)C1. The Morgan fingerprint density at radius 2 is 1.71 bits per heavy atom. The lowest BCUT2D eigenvalue weighted by molar-refractivity contribution is -0.172. The van der Waals surface area contributed by atoms with Crippen molar-refractivity contribution in [1.82, 2.24) is 0 Å². The van der Waals surface area contributed by atoms with Crippen LogP contribution in [-0.4, -0.2) is 19.1 Å². The fraction of sp³-hybridized carbons (Fsp3) is 0.929. The van der Waals surface area contributed by atoms with Gasteiger partial charge in [-0.05, 0) is 38.0 Å². The molecule has 1 saturated carbocycles. The molecular weight excluding hydrogens is 214 g/mol. The van der Waals surface area contributed by atoms with Crippen molar-refractivity contribution in [3.63, 3.8) is 0 Å². The molecule has 3 heteroatoms. The Kier molecular flexibility index (Phi) is 4.99. The number of carbonyl (C=O) groups excluding carboxylic acids is 1. The maximum absolute atomic E-state index is 12.0. The van der Waals surface area contributed by atoms with Gasteiger partial charge in [0.1, 0.15) is 0 Å². The predicted octanol–water partition coefficient (Wildman–Crippen LogP) is 2.88. The number of esters is 1. The fourth-order valence-electron chi connectivity index (χ4n) is 3.58. The zero-order valence-electron chi connectivity index (χ0n) is 11.6. The van der Waals surface area contributed by atoms with Crippen LogP contribution in [0.1, 0.15) is 59.3 Å². The van der Waals surface area contributed by atoms with Crippen molar-refractivity contribution in [3.8, 4) is 0 Å². The van der Waals surface area contributed by atoms with Gasteiger partial charge < -0.3 is 10.5 Å². The summed E-state index contributed by atoms with van der Waals surface area (Å²) in [5.74, 6) is -0.0784. The molecule has 0 unspecified atom stereocenters. The first kappa shape index (κ1) is 14.5. The second-order valence-electron chi connectivity index (χ2n) is 5.56. The summed E-state index contributed by atoms with van der Waals surface area (Å²) in [5.41, 5.74) is 5.79. The van der Waals surface area contributed by atoms with E-state index in [0.29, 0.717) is 18.6 Å². The van der Waals surface area contributed by atoms with E-state index in [-0.39, 0.29) is 11.4 Å². The van der Waals surface area contributed by atoms with Crippen LogP contribution in [0.5, 0.6) is 0 Å². The molecule has 0 amide bonds. The van der Waals surface area contributed by atoms with E-state index in [1.807, 2.05) is 6.92 Å². The third-order valence-electron chi connectivity index (χ3n) is 4.09. The molecule has 1 aliphatic carbocycles. The average Bonchev–Trinajstić information content (AvgIpc) is 2.25. The molecule has 0 saturated heterocycles. The van der Waals surface area contributed by atoms with E-state index >= 15 is 0 Å². The van der Waals surface area contributed by atoms with Gasteiger partial charge in [-0.1, -0.05) is 26.7 Å². The first-order valence-electron chi connectivity index (χ1n) is 6.95. The Labute approximate surface area is 105 Å². The summed E-state index contributed by atoms with van der Waals surface area (Å²) in [4.78, 5) is 12.0. The Balaban J connectivity index is 2.67. The molecule has 17 heavy (non-hydrogen) atoms. The molecule has 0 aromatic heterocycles. The highest BCUT2D eigenvalue weighted by molar-refractivity contribution is 5.78. The van der Waals surface area contributed by atoms with Crippen molar-refractivity contribution >= 4 is 5.97 Å². The van der Waals surface area contributed by atoms with Gasteiger partial charge in [0.2, 0.25) is 0 Å². The number of ether oxygens (including phenoxy) is 1. The summed E-state index contributed by atoms with van der Waals surface area (Å²) in [6, 6.07) is 0. The van der Waals surface area contributed by atoms with Crippen molar-refractivity contribution < 1.29 is 9.53 Å². The third-order valence-corrected chi connectivity index (χ3v) is 4.09. The van der Waals surface area contributed by atoms with E-state index in [0.717, 1.165) is 12.8 Å². The van der Waals surface area contributed by atoms with Crippen LogP contribution >= 0.6 is 0 Å². The second-order valence-corrected chi connectivity index (χ2v) is 5.56. The van der Waals surface area contributed by atoms with Crippen molar-refractivity contribution in [3.05, 3.63) is 0 Å². The third kappa shape index (κ3) is 2.82. The van der Waals surface area contributed by atoms with Gasteiger partial charge in [-0.3, -0.25) is 4.79 Å². The van der Waals surface area contributed by atoms with Crippen LogP contribution in [0.15, 0.2) is 0 Å². The normalized spacial score (nSPS) is 20.7. The van der Waals surface area contributed by atoms with Gasteiger partial charge in [0, 0.05) is 6.54 Å². The number of carbonyl (C=O) groups is 1. The Morgan fingerprint density at radius 1 is 1.18 bits per heavy atom. The maximum Gasteiger partial charge on any atom is 0.313 e. The van der Waals surface area contributed by atoms with Crippen LogP contribution in [0, 0.1) is 10.8 Å². The minimum atomic E-state index is -0.375. The summed E-state index contributed by atoms with van der Waals surface area (Å²) < 4.78 is 5.17. The van der Waals surface area contributed by atoms with E-state index in [4.69, 9.17) is 10.5 Å². The van der Waals surface area contributed by atoms with Crippen molar-refractivity contribution in [2.75, 3.05) is 13.2 Å². The minimum absolute atomic E-state index is 0.0784. The van der Waals surface area contributed by atoms with Crippen LogP contribution in [0.25, 0.3) is 0 Å². The molecule has 0 heterocycles. The zero-order valence-corrected chi connectivity index (χ0v) is 11.6. The lowest BCUT2D eigenvalue weighted by Crippen LogP contribution is -2.55. The van der Waals surface area contributed by atoms with E-state index < -0.39 is 0 Å². The highest BCUT2D eigenvalue weighted by atomic mass is 16.5. The molecule has 1 fully saturated rings. The van der Waals surface area contributed by atoms with Crippen molar-refractivity contribution in [1.29, 1.82) is 0 Å². The maximum atomic E-state index is 12.0. The molecule has 0 atom stereocenters. The second kappa shape index (κ2) is 5.85. The van der Waals surface area contributed by atoms with Crippen LogP contribution in [-0.2, 0) is 9.53 Å². The standard InChI is InChI=1S/C14H27NO2/c1-4-7-13(8-5-2)9-14(10-13,11-15)12(16)17-6-3/h4-11,15H2,1-3H3. The van der Waals surface area contributed by atoms with E-state index in [2.05, 4.69) is 13.8 Å². The minimum Gasteiger partial charge on any atom is -0.466 e. The molecule has 1 rings (SSSR count). The molecule has 0 aromatic rings. The van der Waals surface area contributed by atoms with Crippen LogP contribution in [0.2, 0.25) is 0 Å². The number of rotatable bonds is 7. The molecular formula is C14H27NO2. The number of hydrogen-bond donors (Lipinski definition) is 1. The quantitative estimate of drug-likeness (QED) is 0.697. The average molecular weight is 241 g/mol. The number of hydrogen-bond acceptors (Lipinski definition) is 3. The Bertz CT molecular complexity index is 249. The molecule has 0 bridgehead atoms. The van der Waals surface area contributed by atoms with Gasteiger partial charge in [0.25, 0.3) is 0 Å². The molecule has 3 nitrogen and oxygen atoms in total. The summed E-state index contributed by atoms with van der Waals surface area (Å²) in [6.07, 6.45) is 6.64. The lowest BCUT2D eigenvalue weighted by Gasteiger charge is -2.54. The first-order chi connectivity index (χ1) is 8.08. The van der Waals surface area contributed by atoms with E-state index in [1.165, 1.54) is 25.7 Å². The summed E-state index contributed by atoms with van der Waals surface area (Å²) in [5, 5.41) is 0. The molecule has 0 radical (unpaired) electrons. The largest absolute Gasteiger partial charge is 0.466 e. The van der Waals surface area contributed by atoms with Gasteiger partial charge in [0.15, 0.2) is 0 Å². The van der Waals surface area contributed by atoms with Gasteiger partial charge >= 0.3 is 5.97 Å². The molecule has 0 aliphatic heterocycles. The Hall–Kier alpha value is -0.570. The monoisotopic (exact) mass is 241 g/mol.